The third-order valence-electron chi connectivity index (χ3n) is 9.43. The zero-order valence-electron chi connectivity index (χ0n) is 24.8. The number of aromatic amines is 1. The van der Waals surface area contributed by atoms with Gasteiger partial charge in [-0.05, 0) is 104 Å². The smallest absolute Gasteiger partial charge is 0.250 e. The number of carbonyl (C=O) groups is 1. The number of amides is 1. The Labute approximate surface area is 255 Å². The number of H-pyrrole nitrogens is 1. The number of fused-ring (bicyclic) bond motifs is 1. The number of rotatable bonds is 10. The maximum absolute atomic E-state index is 13.3. The van der Waals surface area contributed by atoms with Crippen LogP contribution < -0.4 is 5.73 Å². The molecule has 2 aliphatic rings. The van der Waals surface area contributed by atoms with Crippen LogP contribution in [0, 0.1) is 5.92 Å². The van der Waals surface area contributed by atoms with E-state index in [4.69, 9.17) is 5.73 Å². The standard InChI is InChI=1S/C35H42N4O3S/c36-35(40)32-24-30(28-10-5-2-6-11-28)23-31-33(25-37-34(31)32)29-14-19-39(20-15-29)43(41,42)21-7-16-38-17-12-27(13-18-38)22-26-8-3-1-4-9-26/h1-6,8-11,23-25,27,29,37H,7,12-22H2,(H2,36,40). The number of piperidine rings is 2. The van der Waals surface area contributed by atoms with Gasteiger partial charge in [0.2, 0.25) is 10.0 Å². The number of hydrogen-bond acceptors (Lipinski definition) is 4. The van der Waals surface area contributed by atoms with Crippen LogP contribution in [0.1, 0.15) is 59.5 Å². The Morgan fingerprint density at radius 3 is 2.21 bits per heavy atom. The number of sulfonamides is 1. The van der Waals surface area contributed by atoms with E-state index in [0.29, 0.717) is 31.0 Å². The predicted molar refractivity (Wildman–Crippen MR) is 174 cm³/mol. The second-order valence-corrected chi connectivity index (χ2v) is 14.3. The molecule has 0 radical (unpaired) electrons. The summed E-state index contributed by atoms with van der Waals surface area (Å²) in [6.45, 7) is 3.99. The Morgan fingerprint density at radius 2 is 1.53 bits per heavy atom. The SMILES string of the molecule is NC(=O)c1cc(-c2ccccc2)cc2c(C3CCN(S(=O)(=O)CCCN4CCC(Cc5ccccc5)CC4)CC3)c[nH]c12. The van der Waals surface area contributed by atoms with Gasteiger partial charge in [0, 0.05) is 24.7 Å². The van der Waals surface area contributed by atoms with Crippen molar-refractivity contribution in [1.82, 2.24) is 14.2 Å². The van der Waals surface area contributed by atoms with Gasteiger partial charge in [0.15, 0.2) is 0 Å². The zero-order chi connectivity index (χ0) is 29.8. The molecule has 6 rings (SSSR count). The van der Waals surface area contributed by atoms with Crippen molar-refractivity contribution in [3.05, 3.63) is 95.7 Å². The molecule has 0 unspecified atom stereocenters. The highest BCUT2D eigenvalue weighted by Gasteiger charge is 2.30. The van der Waals surface area contributed by atoms with Crippen molar-refractivity contribution in [2.75, 3.05) is 38.5 Å². The first kappa shape index (κ1) is 29.6. The Bertz CT molecular complexity index is 1640. The summed E-state index contributed by atoms with van der Waals surface area (Å²) in [5, 5.41) is 0.990. The molecule has 0 atom stereocenters. The normalized spacial score (nSPS) is 17.9. The lowest BCUT2D eigenvalue weighted by atomic mass is 9.88. The van der Waals surface area contributed by atoms with Crippen LogP contribution in [0.3, 0.4) is 0 Å². The fraction of sp³-hybridized carbons (Fsp3) is 0.400. The van der Waals surface area contributed by atoms with Crippen LogP contribution in [0.15, 0.2) is 79.0 Å². The first-order valence-electron chi connectivity index (χ1n) is 15.6. The molecule has 3 aromatic carbocycles. The zero-order valence-corrected chi connectivity index (χ0v) is 25.6. The van der Waals surface area contributed by atoms with Crippen molar-refractivity contribution in [1.29, 1.82) is 0 Å². The summed E-state index contributed by atoms with van der Waals surface area (Å²) in [5.74, 6) is 0.669. The number of nitrogens with one attached hydrogen (secondary N) is 1. The van der Waals surface area contributed by atoms with E-state index in [0.717, 1.165) is 66.5 Å². The molecule has 2 saturated heterocycles. The third-order valence-corrected chi connectivity index (χ3v) is 11.4. The number of nitrogens with two attached hydrogens (primary N) is 1. The number of nitrogens with zero attached hydrogens (tertiary/aromatic N) is 2. The highest BCUT2D eigenvalue weighted by atomic mass is 32.2. The number of benzene rings is 3. The summed E-state index contributed by atoms with van der Waals surface area (Å²) in [6.07, 6.45) is 7.65. The lowest BCUT2D eigenvalue weighted by Crippen LogP contribution is -2.40. The molecule has 1 amide bonds. The van der Waals surface area contributed by atoms with Gasteiger partial charge in [-0.15, -0.1) is 0 Å². The lowest BCUT2D eigenvalue weighted by Gasteiger charge is -2.33. The molecule has 1 aromatic heterocycles. The molecular formula is C35H42N4O3S. The van der Waals surface area contributed by atoms with Crippen molar-refractivity contribution < 1.29 is 13.2 Å². The molecule has 0 spiro atoms. The number of hydrogen-bond donors (Lipinski definition) is 2. The summed E-state index contributed by atoms with van der Waals surface area (Å²) in [7, 11) is -3.29. The molecule has 0 bridgehead atoms. The van der Waals surface area contributed by atoms with Crippen LogP contribution in [0.4, 0.5) is 0 Å². The lowest BCUT2D eigenvalue weighted by molar-refractivity contribution is 0.100. The van der Waals surface area contributed by atoms with Crippen molar-refractivity contribution in [3.63, 3.8) is 0 Å². The Hall–Kier alpha value is -3.46. The number of primary amides is 1. The highest BCUT2D eigenvalue weighted by Crippen LogP contribution is 2.37. The van der Waals surface area contributed by atoms with Crippen molar-refractivity contribution in [3.8, 4) is 11.1 Å². The molecule has 3 heterocycles. The van der Waals surface area contributed by atoms with Crippen molar-refractivity contribution in [2.24, 2.45) is 11.7 Å². The molecule has 2 aliphatic heterocycles. The minimum absolute atomic E-state index is 0.205. The summed E-state index contributed by atoms with van der Waals surface area (Å²) < 4.78 is 28.2. The number of likely N-dealkylation sites (tertiary alicyclic amines) is 1. The molecule has 8 heteroatoms. The maximum atomic E-state index is 13.3. The maximum Gasteiger partial charge on any atom is 0.250 e. The minimum atomic E-state index is -3.29. The van der Waals surface area contributed by atoms with Gasteiger partial charge in [-0.2, -0.15) is 0 Å². The monoisotopic (exact) mass is 598 g/mol. The van der Waals surface area contributed by atoms with Crippen molar-refractivity contribution >= 4 is 26.8 Å². The van der Waals surface area contributed by atoms with Crippen LogP contribution in [-0.2, 0) is 16.4 Å². The highest BCUT2D eigenvalue weighted by molar-refractivity contribution is 7.89. The molecular weight excluding hydrogens is 556 g/mol. The van der Waals surface area contributed by atoms with E-state index >= 15 is 0 Å². The van der Waals surface area contributed by atoms with Gasteiger partial charge in [0.1, 0.15) is 0 Å². The molecule has 0 saturated carbocycles. The average Bonchev–Trinajstić information content (AvgIpc) is 3.46. The first-order valence-corrected chi connectivity index (χ1v) is 17.2. The Balaban J connectivity index is 1.03. The van der Waals surface area contributed by atoms with Gasteiger partial charge in [0.25, 0.3) is 5.91 Å². The summed E-state index contributed by atoms with van der Waals surface area (Å²) in [4.78, 5) is 18.1. The minimum Gasteiger partial charge on any atom is -0.366 e. The second kappa shape index (κ2) is 13.0. The summed E-state index contributed by atoms with van der Waals surface area (Å²) in [5.41, 5.74) is 11.5. The molecule has 43 heavy (non-hydrogen) atoms. The fourth-order valence-corrected chi connectivity index (χ4v) is 8.51. The van der Waals surface area contributed by atoms with E-state index in [1.54, 1.807) is 4.31 Å². The fourth-order valence-electron chi connectivity index (χ4n) is 6.99. The van der Waals surface area contributed by atoms with Gasteiger partial charge in [-0.25, -0.2) is 12.7 Å². The largest absolute Gasteiger partial charge is 0.366 e. The van der Waals surface area contributed by atoms with Gasteiger partial charge in [0.05, 0.1) is 16.8 Å². The van der Waals surface area contributed by atoms with Gasteiger partial charge in [-0.1, -0.05) is 60.7 Å². The van der Waals surface area contributed by atoms with Gasteiger partial charge < -0.3 is 15.6 Å². The van der Waals surface area contributed by atoms with Gasteiger partial charge in [-0.3, -0.25) is 4.79 Å². The first-order chi connectivity index (χ1) is 20.9. The van der Waals surface area contributed by atoms with Gasteiger partial charge >= 0.3 is 0 Å². The Morgan fingerprint density at radius 1 is 0.860 bits per heavy atom. The quantitative estimate of drug-likeness (QED) is 0.241. The van der Waals surface area contributed by atoms with Crippen LogP contribution in [0.2, 0.25) is 0 Å². The van der Waals surface area contributed by atoms with E-state index < -0.39 is 15.9 Å². The summed E-state index contributed by atoms with van der Waals surface area (Å²) in [6, 6.07) is 24.6. The van der Waals surface area contributed by atoms with Crippen LogP contribution in [0.25, 0.3) is 22.0 Å². The van der Waals surface area contributed by atoms with E-state index in [9.17, 15) is 13.2 Å². The van der Waals surface area contributed by atoms with E-state index in [2.05, 4.69) is 46.3 Å². The van der Waals surface area contributed by atoms with Crippen LogP contribution in [0.5, 0.6) is 0 Å². The van der Waals surface area contributed by atoms with Crippen LogP contribution in [-0.4, -0.2) is 67.0 Å². The number of carbonyl (C=O) groups excluding carboxylic acids is 1. The predicted octanol–water partition coefficient (Wildman–Crippen LogP) is 5.79. The topological polar surface area (TPSA) is 99.5 Å². The summed E-state index contributed by atoms with van der Waals surface area (Å²) >= 11 is 0. The molecule has 7 nitrogen and oxygen atoms in total. The molecule has 0 aliphatic carbocycles. The van der Waals surface area contributed by atoms with E-state index in [1.807, 2.05) is 42.6 Å². The second-order valence-electron chi connectivity index (χ2n) is 12.2. The van der Waals surface area contributed by atoms with E-state index in [1.165, 1.54) is 18.4 Å². The number of aromatic nitrogens is 1. The molecule has 3 N–H and O–H groups in total. The van der Waals surface area contributed by atoms with Crippen LogP contribution >= 0.6 is 0 Å². The molecule has 4 aromatic rings. The molecule has 2 fully saturated rings. The molecule has 226 valence electrons. The third kappa shape index (κ3) is 6.87. The Kier molecular flexibility index (Phi) is 8.98. The van der Waals surface area contributed by atoms with Crippen molar-refractivity contribution in [2.45, 2.75) is 44.4 Å². The van der Waals surface area contributed by atoms with E-state index in [-0.39, 0.29) is 11.7 Å². The average molecular weight is 599 g/mol.